The average Bonchev–Trinajstić information content (AvgIpc) is 2.84. The molecular weight excluding hydrogens is 476 g/mol. The van der Waals surface area contributed by atoms with Crippen molar-refractivity contribution in [1.29, 1.82) is 0 Å². The molecule has 178 valence electrons. The molecule has 2 N–H and O–H groups in total. The van der Waals surface area contributed by atoms with Gasteiger partial charge in [-0.3, -0.25) is 9.59 Å². The second-order valence-electron chi connectivity index (χ2n) is 7.28. The summed E-state index contributed by atoms with van der Waals surface area (Å²) in [6.07, 6.45) is 0. The van der Waals surface area contributed by atoms with Crippen molar-refractivity contribution in [3.8, 4) is 0 Å². The molecule has 0 radical (unpaired) electrons. The van der Waals surface area contributed by atoms with Crippen molar-refractivity contribution in [3.05, 3.63) is 70.8 Å². The van der Waals surface area contributed by atoms with Gasteiger partial charge in [0.1, 0.15) is 3.53 Å². The summed E-state index contributed by atoms with van der Waals surface area (Å²) in [6, 6.07) is 14.9. The molecule has 0 unspecified atom stereocenters. The van der Waals surface area contributed by atoms with Gasteiger partial charge in [-0.1, -0.05) is 36.5 Å². The summed E-state index contributed by atoms with van der Waals surface area (Å²) in [4.78, 5) is 27.8. The maximum Gasteiger partial charge on any atom is 0.253 e. The van der Waals surface area contributed by atoms with Crippen LogP contribution in [0.25, 0.3) is 0 Å². The van der Waals surface area contributed by atoms with Gasteiger partial charge in [-0.2, -0.15) is 0 Å². The Labute approximate surface area is 209 Å². The molecule has 33 heavy (non-hydrogen) atoms. The first-order valence-corrected chi connectivity index (χ1v) is 13.0. The number of aliphatic hydroxyl groups is 2. The van der Waals surface area contributed by atoms with E-state index in [0.717, 1.165) is 26.2 Å². The van der Waals surface area contributed by atoms with Gasteiger partial charge in [-0.25, -0.2) is 0 Å². The van der Waals surface area contributed by atoms with E-state index >= 15 is 0 Å². The molecule has 0 aliphatic carbocycles. The highest BCUT2D eigenvalue weighted by Gasteiger charge is 2.14. The highest BCUT2D eigenvalue weighted by atomic mass is 32.2. The van der Waals surface area contributed by atoms with E-state index in [4.69, 9.17) is 22.4 Å². The van der Waals surface area contributed by atoms with Crippen LogP contribution in [-0.4, -0.2) is 75.3 Å². The minimum Gasteiger partial charge on any atom is -0.395 e. The van der Waals surface area contributed by atoms with Gasteiger partial charge in [-0.05, 0) is 42.3 Å². The van der Waals surface area contributed by atoms with Crippen molar-refractivity contribution in [2.45, 2.75) is 18.4 Å². The van der Waals surface area contributed by atoms with Crippen molar-refractivity contribution < 1.29 is 19.8 Å². The van der Waals surface area contributed by atoms with Gasteiger partial charge in [0.15, 0.2) is 0 Å². The number of rotatable bonds is 11. The predicted octanol–water partition coefficient (Wildman–Crippen LogP) is 3.66. The second kappa shape index (κ2) is 14.4. The number of carbonyl (C=O) groups excluding carboxylic acids is 2. The van der Waals surface area contributed by atoms with Crippen LogP contribution in [0.15, 0.2) is 48.5 Å². The van der Waals surface area contributed by atoms with Crippen molar-refractivity contribution in [3.63, 3.8) is 0 Å². The molecule has 2 rings (SSSR count). The molecular formula is C24H30N2O4S3. The Morgan fingerprint density at radius 1 is 0.818 bits per heavy atom. The quantitative estimate of drug-likeness (QED) is 0.450. The van der Waals surface area contributed by atoms with Gasteiger partial charge in [0.25, 0.3) is 11.8 Å². The lowest BCUT2D eigenvalue weighted by molar-refractivity contribution is 0.0731. The monoisotopic (exact) mass is 506 g/mol. The summed E-state index contributed by atoms with van der Waals surface area (Å²) in [5.74, 6) is 1.25. The van der Waals surface area contributed by atoms with Gasteiger partial charge in [0.05, 0.1) is 13.2 Å². The summed E-state index contributed by atoms with van der Waals surface area (Å²) in [7, 11) is 1.67. The molecule has 0 heterocycles. The molecule has 0 saturated carbocycles. The van der Waals surface area contributed by atoms with Crippen molar-refractivity contribution >= 4 is 51.1 Å². The highest BCUT2D eigenvalue weighted by molar-refractivity contribution is 8.46. The first kappa shape index (κ1) is 27.3. The van der Waals surface area contributed by atoms with Crippen LogP contribution >= 0.6 is 35.7 Å². The molecule has 0 aromatic heterocycles. The van der Waals surface area contributed by atoms with Crippen LogP contribution in [-0.2, 0) is 11.5 Å². The topological polar surface area (TPSA) is 81.1 Å². The lowest BCUT2D eigenvalue weighted by Crippen LogP contribution is -2.33. The minimum absolute atomic E-state index is 0.0480. The van der Waals surface area contributed by atoms with E-state index in [9.17, 15) is 9.59 Å². The largest absolute Gasteiger partial charge is 0.395 e. The van der Waals surface area contributed by atoms with Gasteiger partial charge in [0, 0.05) is 49.3 Å². The second-order valence-corrected chi connectivity index (χ2v) is 10.4. The average molecular weight is 507 g/mol. The van der Waals surface area contributed by atoms with Crippen molar-refractivity contribution in [1.82, 2.24) is 9.80 Å². The summed E-state index contributed by atoms with van der Waals surface area (Å²) >= 11 is 8.65. The van der Waals surface area contributed by atoms with Gasteiger partial charge < -0.3 is 20.0 Å². The number of hydrogen-bond donors (Lipinski definition) is 2. The van der Waals surface area contributed by atoms with E-state index < -0.39 is 0 Å². The lowest BCUT2D eigenvalue weighted by Gasteiger charge is -2.19. The molecule has 0 spiro atoms. The Balaban J connectivity index is 1.80. The van der Waals surface area contributed by atoms with Crippen LogP contribution in [0.3, 0.4) is 0 Å². The van der Waals surface area contributed by atoms with E-state index in [1.165, 1.54) is 4.90 Å². The zero-order valence-corrected chi connectivity index (χ0v) is 21.3. The maximum atomic E-state index is 12.4. The summed E-state index contributed by atoms with van der Waals surface area (Å²) in [5.41, 5.74) is 3.37. The molecule has 0 aliphatic heterocycles. The van der Waals surface area contributed by atoms with E-state index in [2.05, 4.69) is 0 Å². The normalized spacial score (nSPS) is 10.7. The highest BCUT2D eigenvalue weighted by Crippen LogP contribution is 2.25. The predicted molar refractivity (Wildman–Crippen MR) is 141 cm³/mol. The SMILES string of the molecule is CCN(CCO)C(=O)c1ccc(CSC(=S)SCc2ccc(C(=O)N(C)CCO)cc2)cc1. The Bertz CT molecular complexity index is 920. The van der Waals surface area contributed by atoms with Crippen LogP contribution < -0.4 is 0 Å². The fourth-order valence-corrected chi connectivity index (χ4v) is 4.99. The number of hydrogen-bond acceptors (Lipinski definition) is 7. The third kappa shape index (κ3) is 8.75. The zero-order valence-electron chi connectivity index (χ0n) is 18.9. The molecule has 2 amide bonds. The van der Waals surface area contributed by atoms with E-state index in [1.807, 2.05) is 43.3 Å². The summed E-state index contributed by atoms with van der Waals surface area (Å²) in [6.45, 7) is 2.98. The Morgan fingerprint density at radius 2 is 1.27 bits per heavy atom. The van der Waals surface area contributed by atoms with E-state index in [-0.39, 0.29) is 25.0 Å². The molecule has 2 aromatic rings. The van der Waals surface area contributed by atoms with E-state index in [0.29, 0.717) is 30.8 Å². The Hall–Kier alpha value is -1.91. The van der Waals surface area contributed by atoms with Crippen LogP contribution in [0.5, 0.6) is 0 Å². The fourth-order valence-electron chi connectivity index (χ4n) is 2.99. The molecule has 0 fully saturated rings. The summed E-state index contributed by atoms with van der Waals surface area (Å²) in [5, 5.41) is 18.0. The number of carbonyl (C=O) groups is 2. The van der Waals surface area contributed by atoms with Crippen LogP contribution in [0.1, 0.15) is 38.8 Å². The summed E-state index contributed by atoms with van der Waals surface area (Å²) < 4.78 is 0.832. The third-order valence-corrected chi connectivity index (χ3v) is 7.78. The molecule has 2 aromatic carbocycles. The molecule has 0 saturated heterocycles. The Kier molecular flexibility index (Phi) is 11.9. The maximum absolute atomic E-state index is 12.4. The number of aliphatic hydroxyl groups excluding tert-OH is 2. The van der Waals surface area contributed by atoms with Crippen molar-refractivity contribution in [2.24, 2.45) is 0 Å². The number of amides is 2. The molecule has 0 bridgehead atoms. The zero-order chi connectivity index (χ0) is 24.2. The van der Waals surface area contributed by atoms with Crippen LogP contribution in [0.4, 0.5) is 0 Å². The standard InChI is InChI=1S/C24H30N2O4S3/c1-3-26(13-15-28)23(30)21-10-6-19(7-11-21)17-33-24(31)32-16-18-4-8-20(9-5-18)22(29)25(2)12-14-27/h4-11,27-28H,3,12-17H2,1-2H3. The molecule has 9 heteroatoms. The minimum atomic E-state index is -0.113. The van der Waals surface area contributed by atoms with Gasteiger partial charge in [0.2, 0.25) is 0 Å². The first-order chi connectivity index (χ1) is 15.9. The van der Waals surface area contributed by atoms with Crippen LogP contribution in [0, 0.1) is 0 Å². The van der Waals surface area contributed by atoms with Gasteiger partial charge in [-0.15, -0.1) is 23.5 Å². The third-order valence-electron chi connectivity index (χ3n) is 4.94. The first-order valence-electron chi connectivity index (χ1n) is 10.6. The number of likely N-dealkylation sites (N-methyl/N-ethyl adjacent to an activating group) is 2. The smallest absolute Gasteiger partial charge is 0.253 e. The number of thiocarbonyl (C=S) groups is 1. The molecule has 0 aliphatic rings. The lowest BCUT2D eigenvalue weighted by atomic mass is 10.1. The molecule has 6 nitrogen and oxygen atoms in total. The van der Waals surface area contributed by atoms with E-state index in [1.54, 1.807) is 47.6 Å². The van der Waals surface area contributed by atoms with Gasteiger partial charge >= 0.3 is 0 Å². The number of nitrogens with zero attached hydrogens (tertiary/aromatic N) is 2. The Morgan fingerprint density at radius 3 is 1.70 bits per heavy atom. The van der Waals surface area contributed by atoms with Crippen LogP contribution in [0.2, 0.25) is 0 Å². The number of thioether (sulfide) groups is 2. The molecule has 0 atom stereocenters. The fraction of sp³-hybridized carbons (Fsp3) is 0.375. The number of benzene rings is 2. The van der Waals surface area contributed by atoms with Crippen molar-refractivity contribution in [2.75, 3.05) is 39.9 Å².